The number of halogens is 1. The van der Waals surface area contributed by atoms with Gasteiger partial charge < -0.3 is 5.32 Å². The van der Waals surface area contributed by atoms with Crippen LogP contribution in [-0.4, -0.2) is 14.3 Å². The van der Waals surface area contributed by atoms with Crippen LogP contribution in [0.25, 0.3) is 0 Å². The lowest BCUT2D eigenvalue weighted by Gasteiger charge is -2.12. The van der Waals surface area contributed by atoms with Gasteiger partial charge in [0.2, 0.25) is 0 Å². The zero-order valence-corrected chi connectivity index (χ0v) is 18.5. The Hall–Kier alpha value is -3.34. The molecule has 31 heavy (non-hydrogen) atoms. The van der Waals surface area contributed by atoms with Crippen LogP contribution >= 0.6 is 11.6 Å². The van der Waals surface area contributed by atoms with Gasteiger partial charge in [-0.15, -0.1) is 0 Å². The SMILES string of the molecule is Cc1cc(C)cc(NS(=O)(=O)c2cc(C(=O)Nc3ccc(CC#N)cc3)ccc2Cl)c1. The van der Waals surface area contributed by atoms with Crippen molar-refractivity contribution in [1.82, 2.24) is 0 Å². The third-order valence-corrected chi connectivity index (χ3v) is 6.31. The van der Waals surface area contributed by atoms with E-state index in [1.807, 2.05) is 19.9 Å². The van der Waals surface area contributed by atoms with Crippen LogP contribution in [-0.2, 0) is 16.4 Å². The lowest BCUT2D eigenvalue weighted by atomic mass is 10.1. The maximum Gasteiger partial charge on any atom is 0.263 e. The molecule has 0 aliphatic rings. The number of carbonyl (C=O) groups excluding carboxylic acids is 1. The van der Waals surface area contributed by atoms with Crippen LogP contribution in [0.3, 0.4) is 0 Å². The van der Waals surface area contributed by atoms with Crippen molar-refractivity contribution in [1.29, 1.82) is 5.26 Å². The topological polar surface area (TPSA) is 99.1 Å². The molecule has 0 radical (unpaired) electrons. The highest BCUT2D eigenvalue weighted by Crippen LogP contribution is 2.26. The van der Waals surface area contributed by atoms with Crippen LogP contribution in [0.5, 0.6) is 0 Å². The molecular formula is C23H20ClN3O3S. The summed E-state index contributed by atoms with van der Waals surface area (Å²) in [6, 6.07) is 18.3. The summed E-state index contributed by atoms with van der Waals surface area (Å²) in [7, 11) is -4.01. The van der Waals surface area contributed by atoms with E-state index < -0.39 is 15.9 Å². The Morgan fingerprint density at radius 3 is 2.23 bits per heavy atom. The average Bonchev–Trinajstić information content (AvgIpc) is 2.68. The minimum absolute atomic E-state index is 0.00859. The highest BCUT2D eigenvalue weighted by molar-refractivity contribution is 7.92. The molecular weight excluding hydrogens is 434 g/mol. The van der Waals surface area contributed by atoms with Crippen molar-refractivity contribution in [3.05, 3.63) is 87.9 Å². The number of amides is 1. The van der Waals surface area contributed by atoms with E-state index in [2.05, 4.69) is 16.1 Å². The molecule has 0 spiro atoms. The molecule has 0 fully saturated rings. The van der Waals surface area contributed by atoms with Gasteiger partial charge in [0, 0.05) is 16.9 Å². The Bertz CT molecular complexity index is 1260. The summed E-state index contributed by atoms with van der Waals surface area (Å²) in [6.07, 6.45) is 0.278. The number of hydrogen-bond donors (Lipinski definition) is 2. The van der Waals surface area contributed by atoms with Crippen molar-refractivity contribution in [2.75, 3.05) is 10.0 Å². The summed E-state index contributed by atoms with van der Waals surface area (Å²) in [5.41, 5.74) is 3.75. The van der Waals surface area contributed by atoms with E-state index in [0.29, 0.717) is 11.4 Å². The summed E-state index contributed by atoms with van der Waals surface area (Å²) < 4.78 is 28.4. The highest BCUT2D eigenvalue weighted by Gasteiger charge is 2.21. The summed E-state index contributed by atoms with van der Waals surface area (Å²) in [5.74, 6) is -0.479. The number of nitriles is 1. The number of hydrogen-bond acceptors (Lipinski definition) is 4. The molecule has 3 rings (SSSR count). The summed E-state index contributed by atoms with van der Waals surface area (Å²) in [6.45, 7) is 3.74. The van der Waals surface area contributed by atoms with Crippen LogP contribution in [0.1, 0.15) is 27.0 Å². The number of carbonyl (C=O) groups is 1. The van der Waals surface area contributed by atoms with Gasteiger partial charge in [-0.1, -0.05) is 29.8 Å². The lowest BCUT2D eigenvalue weighted by molar-refractivity contribution is 0.102. The van der Waals surface area contributed by atoms with Crippen molar-refractivity contribution in [2.24, 2.45) is 0 Å². The molecule has 0 atom stereocenters. The van der Waals surface area contributed by atoms with E-state index in [4.69, 9.17) is 16.9 Å². The number of nitrogens with zero attached hydrogens (tertiary/aromatic N) is 1. The minimum atomic E-state index is -4.01. The standard InChI is InChI=1S/C23H20ClN3O3S/c1-15-11-16(2)13-20(12-15)27-31(29,30)22-14-18(5-8-21(22)24)23(28)26-19-6-3-17(4-7-19)9-10-25/h3-8,11-14,27H,9H2,1-2H3,(H,26,28). The van der Waals surface area contributed by atoms with Gasteiger partial charge in [0.25, 0.3) is 15.9 Å². The van der Waals surface area contributed by atoms with Gasteiger partial charge in [-0.3, -0.25) is 9.52 Å². The fraction of sp³-hybridized carbons (Fsp3) is 0.130. The molecule has 6 nitrogen and oxygen atoms in total. The van der Waals surface area contributed by atoms with Crippen LogP contribution in [0, 0.1) is 25.2 Å². The van der Waals surface area contributed by atoms with Gasteiger partial charge in [-0.05, 0) is 73.0 Å². The first-order chi connectivity index (χ1) is 14.7. The van der Waals surface area contributed by atoms with Crippen molar-refractivity contribution in [2.45, 2.75) is 25.2 Å². The number of sulfonamides is 1. The Kier molecular flexibility index (Phi) is 6.64. The van der Waals surface area contributed by atoms with Gasteiger partial charge in [-0.25, -0.2) is 8.42 Å². The first-order valence-corrected chi connectivity index (χ1v) is 11.2. The van der Waals surface area contributed by atoms with Crippen molar-refractivity contribution in [3.8, 4) is 6.07 Å². The molecule has 0 saturated carbocycles. The number of anilines is 2. The summed E-state index contributed by atoms with van der Waals surface area (Å²) in [4.78, 5) is 12.5. The first-order valence-electron chi connectivity index (χ1n) is 9.36. The lowest BCUT2D eigenvalue weighted by Crippen LogP contribution is -2.16. The smallest absolute Gasteiger partial charge is 0.263 e. The van der Waals surface area contributed by atoms with E-state index in [9.17, 15) is 13.2 Å². The molecule has 3 aromatic rings. The fourth-order valence-corrected chi connectivity index (χ4v) is 4.66. The van der Waals surface area contributed by atoms with E-state index in [1.54, 1.807) is 36.4 Å². The van der Waals surface area contributed by atoms with Crippen LogP contribution in [0.2, 0.25) is 5.02 Å². The highest BCUT2D eigenvalue weighted by atomic mass is 35.5. The van der Waals surface area contributed by atoms with Gasteiger partial charge in [0.05, 0.1) is 17.5 Å². The zero-order valence-electron chi connectivity index (χ0n) is 16.9. The molecule has 0 heterocycles. The molecule has 0 saturated heterocycles. The fourth-order valence-electron chi connectivity index (χ4n) is 3.09. The summed E-state index contributed by atoms with van der Waals surface area (Å²) in [5, 5.41) is 11.5. The molecule has 1 amide bonds. The molecule has 0 aromatic heterocycles. The minimum Gasteiger partial charge on any atom is -0.322 e. The number of benzene rings is 3. The molecule has 0 bridgehead atoms. The quantitative estimate of drug-likeness (QED) is 0.543. The molecule has 0 aliphatic heterocycles. The maximum atomic E-state index is 12.9. The third kappa shape index (κ3) is 5.63. The predicted molar refractivity (Wildman–Crippen MR) is 122 cm³/mol. The molecule has 0 unspecified atom stereocenters. The number of aryl methyl sites for hydroxylation is 2. The van der Waals surface area contributed by atoms with Crippen LogP contribution in [0.4, 0.5) is 11.4 Å². The average molecular weight is 454 g/mol. The maximum absolute atomic E-state index is 12.9. The van der Waals surface area contributed by atoms with Crippen LogP contribution < -0.4 is 10.0 Å². The Labute approximate surface area is 186 Å². The van der Waals surface area contributed by atoms with E-state index >= 15 is 0 Å². The van der Waals surface area contributed by atoms with Gasteiger partial charge >= 0.3 is 0 Å². The second-order valence-corrected chi connectivity index (χ2v) is 9.17. The van der Waals surface area contributed by atoms with Gasteiger partial charge in [-0.2, -0.15) is 5.26 Å². The molecule has 2 N–H and O–H groups in total. The molecule has 0 aliphatic carbocycles. The van der Waals surface area contributed by atoms with E-state index in [1.165, 1.54) is 18.2 Å². The Morgan fingerprint density at radius 1 is 0.968 bits per heavy atom. The Morgan fingerprint density at radius 2 is 1.61 bits per heavy atom. The second kappa shape index (κ2) is 9.21. The monoisotopic (exact) mass is 453 g/mol. The first kappa shape index (κ1) is 22.3. The normalized spacial score (nSPS) is 10.9. The third-order valence-electron chi connectivity index (χ3n) is 4.45. The Balaban J connectivity index is 1.84. The van der Waals surface area contributed by atoms with Crippen molar-refractivity contribution < 1.29 is 13.2 Å². The van der Waals surface area contributed by atoms with Crippen molar-refractivity contribution in [3.63, 3.8) is 0 Å². The molecule has 3 aromatic carbocycles. The molecule has 158 valence electrons. The summed E-state index contributed by atoms with van der Waals surface area (Å²) >= 11 is 6.14. The van der Waals surface area contributed by atoms with E-state index in [-0.39, 0.29) is 21.9 Å². The largest absolute Gasteiger partial charge is 0.322 e. The van der Waals surface area contributed by atoms with Crippen molar-refractivity contribution >= 4 is 38.9 Å². The number of nitrogens with one attached hydrogen (secondary N) is 2. The second-order valence-electron chi connectivity index (χ2n) is 7.11. The zero-order chi connectivity index (χ0) is 22.6. The van der Waals surface area contributed by atoms with Crippen LogP contribution in [0.15, 0.2) is 65.6 Å². The van der Waals surface area contributed by atoms with Gasteiger partial charge in [0.1, 0.15) is 4.90 Å². The van der Waals surface area contributed by atoms with Gasteiger partial charge in [0.15, 0.2) is 0 Å². The molecule has 8 heteroatoms. The predicted octanol–water partition coefficient (Wildman–Crippen LogP) is 5.08. The number of rotatable bonds is 6. The van der Waals surface area contributed by atoms with E-state index in [0.717, 1.165) is 16.7 Å².